The molecule has 8 nitrogen and oxygen atoms in total. The van der Waals surface area contributed by atoms with Crippen molar-refractivity contribution in [3.63, 3.8) is 0 Å². The number of nitrogens with zero attached hydrogens (tertiary/aromatic N) is 4. The van der Waals surface area contributed by atoms with Gasteiger partial charge in [-0.25, -0.2) is 4.98 Å². The second kappa shape index (κ2) is 11.0. The number of hydrogen-bond donors (Lipinski definition) is 1. The smallest absolute Gasteiger partial charge is 0.272 e. The van der Waals surface area contributed by atoms with Gasteiger partial charge in [0.1, 0.15) is 17.4 Å². The first-order valence-electron chi connectivity index (χ1n) is 12.3. The molecule has 0 bridgehead atoms. The van der Waals surface area contributed by atoms with Crippen molar-refractivity contribution in [2.24, 2.45) is 5.92 Å². The number of carbonyl (C=O) groups is 2. The van der Waals surface area contributed by atoms with Gasteiger partial charge in [-0.3, -0.25) is 14.6 Å². The zero-order valence-corrected chi connectivity index (χ0v) is 20.7. The van der Waals surface area contributed by atoms with E-state index in [9.17, 15) is 14.7 Å². The van der Waals surface area contributed by atoms with E-state index >= 15 is 0 Å². The van der Waals surface area contributed by atoms with Crippen LogP contribution in [0.2, 0.25) is 0 Å². The third-order valence-electron chi connectivity index (χ3n) is 6.87. The highest BCUT2D eigenvalue weighted by atomic mass is 16.5. The third kappa shape index (κ3) is 5.53. The van der Waals surface area contributed by atoms with Crippen molar-refractivity contribution in [3.05, 3.63) is 59.6 Å². The fraction of sp³-hybridized carbons (Fsp3) is 0.481. The fourth-order valence-electron chi connectivity index (χ4n) is 4.63. The van der Waals surface area contributed by atoms with Gasteiger partial charge in [-0.05, 0) is 61.9 Å². The van der Waals surface area contributed by atoms with E-state index in [1.807, 2.05) is 19.9 Å². The molecule has 0 aromatic carbocycles. The number of carbonyl (C=O) groups excluding carboxylic acids is 2. The summed E-state index contributed by atoms with van der Waals surface area (Å²) in [6, 6.07) is 6.74. The first-order chi connectivity index (χ1) is 16.9. The number of rotatable bonds is 6. The van der Waals surface area contributed by atoms with Crippen LogP contribution in [-0.4, -0.2) is 75.6 Å². The molecule has 1 aliphatic carbocycles. The van der Waals surface area contributed by atoms with Gasteiger partial charge >= 0.3 is 0 Å². The van der Waals surface area contributed by atoms with Gasteiger partial charge in [-0.1, -0.05) is 19.1 Å². The molecule has 1 aliphatic heterocycles. The molecule has 8 heteroatoms. The lowest BCUT2D eigenvalue weighted by molar-refractivity contribution is 0.0312. The maximum atomic E-state index is 13.6. The fourth-order valence-corrected chi connectivity index (χ4v) is 4.63. The van der Waals surface area contributed by atoms with Gasteiger partial charge in [-0.15, -0.1) is 0 Å². The highest BCUT2D eigenvalue weighted by Gasteiger charge is 2.35. The molecule has 0 saturated carbocycles. The molecule has 2 aromatic rings. The normalized spacial score (nSPS) is 21.2. The summed E-state index contributed by atoms with van der Waals surface area (Å²) in [6.07, 6.45) is 9.48. The molecule has 0 spiro atoms. The van der Waals surface area contributed by atoms with E-state index in [2.05, 4.69) is 16.0 Å². The summed E-state index contributed by atoms with van der Waals surface area (Å²) in [5, 5.41) is 9.86. The molecular formula is C27H34N4O4. The lowest BCUT2D eigenvalue weighted by Crippen LogP contribution is -2.50. The maximum Gasteiger partial charge on any atom is 0.272 e. The predicted octanol–water partition coefficient (Wildman–Crippen LogP) is 3.43. The first-order valence-corrected chi connectivity index (χ1v) is 12.3. The molecular weight excluding hydrogens is 444 g/mol. The molecule has 35 heavy (non-hydrogen) atoms. The van der Waals surface area contributed by atoms with Crippen LogP contribution in [0.5, 0.6) is 5.88 Å². The highest BCUT2D eigenvalue weighted by Crippen LogP contribution is 2.32. The van der Waals surface area contributed by atoms with Crippen molar-refractivity contribution in [2.45, 2.75) is 51.7 Å². The van der Waals surface area contributed by atoms with Crippen molar-refractivity contribution >= 4 is 17.4 Å². The predicted molar refractivity (Wildman–Crippen MR) is 133 cm³/mol. The Bertz CT molecular complexity index is 1090. The highest BCUT2D eigenvalue weighted by molar-refractivity contribution is 5.97. The van der Waals surface area contributed by atoms with Crippen LogP contribution in [0.25, 0.3) is 5.57 Å². The summed E-state index contributed by atoms with van der Waals surface area (Å²) in [4.78, 5) is 38.5. The largest absolute Gasteiger partial charge is 0.472 e. The lowest BCUT2D eigenvalue weighted by atomic mass is 9.93. The molecule has 3 atom stereocenters. The van der Waals surface area contributed by atoms with E-state index in [1.165, 1.54) is 12.0 Å². The van der Waals surface area contributed by atoms with Crippen LogP contribution < -0.4 is 4.74 Å². The zero-order chi connectivity index (χ0) is 24.9. The zero-order valence-electron chi connectivity index (χ0n) is 20.7. The van der Waals surface area contributed by atoms with Crippen LogP contribution >= 0.6 is 0 Å². The Morgan fingerprint density at radius 2 is 2.14 bits per heavy atom. The van der Waals surface area contributed by atoms with Gasteiger partial charge in [-0.2, -0.15) is 0 Å². The number of aliphatic hydroxyl groups excluding tert-OH is 1. The molecule has 3 heterocycles. The summed E-state index contributed by atoms with van der Waals surface area (Å²) in [5.41, 5.74) is 2.89. The molecule has 2 aliphatic rings. The Morgan fingerprint density at radius 1 is 1.31 bits per heavy atom. The van der Waals surface area contributed by atoms with Gasteiger partial charge in [0.25, 0.3) is 11.8 Å². The minimum absolute atomic E-state index is 0.109. The molecule has 0 fully saturated rings. The van der Waals surface area contributed by atoms with Gasteiger partial charge in [0.05, 0.1) is 19.2 Å². The molecule has 4 rings (SSSR count). The lowest BCUT2D eigenvalue weighted by Gasteiger charge is -2.37. The van der Waals surface area contributed by atoms with Crippen molar-refractivity contribution in [1.29, 1.82) is 0 Å². The number of fused-ring (bicyclic) bond motifs is 1. The quantitative estimate of drug-likeness (QED) is 0.684. The van der Waals surface area contributed by atoms with E-state index in [-0.39, 0.29) is 36.3 Å². The minimum atomic E-state index is -0.403. The van der Waals surface area contributed by atoms with Gasteiger partial charge < -0.3 is 19.6 Å². The molecule has 0 saturated heterocycles. The maximum absolute atomic E-state index is 13.6. The monoisotopic (exact) mass is 478 g/mol. The van der Waals surface area contributed by atoms with Crippen LogP contribution in [0.4, 0.5) is 0 Å². The number of likely N-dealkylation sites (N-methyl/N-ethyl adjacent to an activating group) is 1. The van der Waals surface area contributed by atoms with Gasteiger partial charge in [0.15, 0.2) is 0 Å². The second-order valence-corrected chi connectivity index (χ2v) is 9.58. The topological polar surface area (TPSA) is 95.9 Å². The summed E-state index contributed by atoms with van der Waals surface area (Å²) in [6.45, 7) is 4.37. The Labute approximate surface area is 206 Å². The van der Waals surface area contributed by atoms with Crippen LogP contribution in [0.1, 0.15) is 65.9 Å². The van der Waals surface area contributed by atoms with E-state index in [0.717, 1.165) is 24.8 Å². The average Bonchev–Trinajstić information content (AvgIpc) is 2.90. The van der Waals surface area contributed by atoms with E-state index < -0.39 is 6.10 Å². The SMILES string of the molecule is C[C@@H]1CN([C@H](C)CO)C(=O)c2cc(C3=CCCCC3)cnc2O[C@H]1CN(C)C(=O)c1ccccn1. The molecule has 186 valence electrons. The number of pyridine rings is 2. The first kappa shape index (κ1) is 24.9. The summed E-state index contributed by atoms with van der Waals surface area (Å²) >= 11 is 0. The van der Waals surface area contributed by atoms with Crippen molar-refractivity contribution < 1.29 is 19.4 Å². The number of amides is 2. The minimum Gasteiger partial charge on any atom is -0.472 e. The summed E-state index contributed by atoms with van der Waals surface area (Å²) < 4.78 is 6.33. The Hall–Kier alpha value is -3.26. The second-order valence-electron chi connectivity index (χ2n) is 9.58. The molecule has 2 amide bonds. The van der Waals surface area contributed by atoms with Crippen LogP contribution in [0.3, 0.4) is 0 Å². The van der Waals surface area contributed by atoms with Crippen molar-refractivity contribution in [2.75, 3.05) is 26.7 Å². The number of aromatic nitrogens is 2. The number of aliphatic hydroxyl groups is 1. The number of hydrogen-bond acceptors (Lipinski definition) is 6. The van der Waals surface area contributed by atoms with Crippen LogP contribution in [0.15, 0.2) is 42.7 Å². The van der Waals surface area contributed by atoms with Crippen molar-refractivity contribution in [3.8, 4) is 5.88 Å². The number of allylic oxidation sites excluding steroid dienone is 2. The summed E-state index contributed by atoms with van der Waals surface area (Å²) in [7, 11) is 1.72. The van der Waals surface area contributed by atoms with Gasteiger partial charge in [0.2, 0.25) is 5.88 Å². The van der Waals surface area contributed by atoms with Crippen LogP contribution in [-0.2, 0) is 0 Å². The van der Waals surface area contributed by atoms with E-state index in [0.29, 0.717) is 24.3 Å². The summed E-state index contributed by atoms with van der Waals surface area (Å²) in [5.74, 6) is -0.244. The average molecular weight is 479 g/mol. The van der Waals surface area contributed by atoms with Crippen molar-refractivity contribution in [1.82, 2.24) is 19.8 Å². The van der Waals surface area contributed by atoms with Gasteiger partial charge in [0, 0.05) is 31.9 Å². The molecule has 1 N–H and O–H groups in total. The Morgan fingerprint density at radius 3 is 2.83 bits per heavy atom. The van der Waals surface area contributed by atoms with E-state index in [1.54, 1.807) is 47.4 Å². The van der Waals surface area contributed by atoms with E-state index in [4.69, 9.17) is 4.74 Å². The molecule has 2 aromatic heterocycles. The number of ether oxygens (including phenoxy) is 1. The molecule has 0 radical (unpaired) electrons. The standard InChI is InChI=1S/C27H34N4O4/c1-18-15-31(19(2)17-32)26(33)22-13-21(20-9-5-4-6-10-20)14-29-25(22)35-24(18)16-30(3)27(34)23-11-7-8-12-28-23/h7-9,11-14,18-19,24,32H,4-6,10,15-17H2,1-3H3/t18-,19-,24+/m1/s1. The van der Waals surface area contributed by atoms with Crippen LogP contribution in [0, 0.1) is 5.92 Å². The Balaban J connectivity index is 1.66. The molecule has 0 unspecified atom stereocenters. The Kier molecular flexibility index (Phi) is 7.80. The third-order valence-corrected chi connectivity index (χ3v) is 6.87.